The van der Waals surface area contributed by atoms with E-state index in [1.807, 2.05) is 0 Å². The van der Waals surface area contributed by atoms with Gasteiger partial charge in [-0.2, -0.15) is 0 Å². The first-order chi connectivity index (χ1) is 15.0. The van der Waals surface area contributed by atoms with Gasteiger partial charge in [-0.3, -0.25) is 9.69 Å². The summed E-state index contributed by atoms with van der Waals surface area (Å²) < 4.78 is 24.7. The van der Waals surface area contributed by atoms with Gasteiger partial charge in [-0.05, 0) is 37.4 Å². The highest BCUT2D eigenvalue weighted by Gasteiger charge is 2.32. The van der Waals surface area contributed by atoms with E-state index >= 15 is 0 Å². The highest BCUT2D eigenvalue weighted by Crippen LogP contribution is 2.24. The van der Waals surface area contributed by atoms with Gasteiger partial charge in [0.25, 0.3) is 0 Å². The summed E-state index contributed by atoms with van der Waals surface area (Å²) in [6, 6.07) is 6.25. The predicted octanol–water partition coefficient (Wildman–Crippen LogP) is 2.64. The van der Waals surface area contributed by atoms with Gasteiger partial charge in [-0.1, -0.05) is 19.9 Å². The lowest BCUT2D eigenvalue weighted by Gasteiger charge is -2.38. The Labute approximate surface area is 186 Å². The van der Waals surface area contributed by atoms with E-state index in [2.05, 4.69) is 29.0 Å². The number of rotatable bonds is 10. The smallest absolute Gasteiger partial charge is 0.224 e. The molecule has 2 heterocycles. The van der Waals surface area contributed by atoms with E-state index in [1.54, 1.807) is 12.1 Å². The lowest BCUT2D eigenvalue weighted by Crippen LogP contribution is -2.48. The zero-order valence-electron chi connectivity index (χ0n) is 19.0. The van der Waals surface area contributed by atoms with Crippen molar-refractivity contribution in [2.45, 2.75) is 26.7 Å². The quantitative estimate of drug-likeness (QED) is 0.573. The Bertz CT molecular complexity index is 682. The number of likely N-dealkylation sites (tertiary alicyclic amines) is 1. The minimum absolute atomic E-state index is 0.0306. The number of hydrogen-bond acceptors (Lipinski definition) is 5. The number of carbonyl (C=O) groups is 1. The van der Waals surface area contributed by atoms with Crippen LogP contribution in [0.5, 0.6) is 5.75 Å². The first-order valence-corrected chi connectivity index (χ1v) is 11.7. The summed E-state index contributed by atoms with van der Waals surface area (Å²) in [6.45, 7) is 12.9. The second kappa shape index (κ2) is 12.4. The third kappa shape index (κ3) is 8.39. The SMILES string of the molecule is CC(C)CN1C[C@@H](COc2cccc(F)c2)C[C@@H](C(=O)NCCCN2CCOCC2)C1. The zero-order valence-corrected chi connectivity index (χ0v) is 19.0. The van der Waals surface area contributed by atoms with Crippen LogP contribution in [0.2, 0.25) is 0 Å². The van der Waals surface area contributed by atoms with Crippen molar-refractivity contribution in [1.29, 1.82) is 0 Å². The summed E-state index contributed by atoms with van der Waals surface area (Å²) in [5.74, 6) is 1.16. The molecule has 0 aliphatic carbocycles. The van der Waals surface area contributed by atoms with Crippen LogP contribution in [0.1, 0.15) is 26.7 Å². The van der Waals surface area contributed by atoms with E-state index in [-0.39, 0.29) is 23.6 Å². The Morgan fingerprint density at radius 3 is 2.81 bits per heavy atom. The van der Waals surface area contributed by atoms with Crippen molar-refractivity contribution >= 4 is 5.91 Å². The Morgan fingerprint density at radius 1 is 1.26 bits per heavy atom. The Hall–Kier alpha value is -1.70. The molecule has 0 unspecified atom stereocenters. The normalized spacial score (nSPS) is 23.1. The molecule has 0 radical (unpaired) electrons. The van der Waals surface area contributed by atoms with Crippen LogP contribution in [-0.4, -0.2) is 81.3 Å². The van der Waals surface area contributed by atoms with E-state index in [1.165, 1.54) is 12.1 Å². The number of hydrogen-bond donors (Lipinski definition) is 1. The van der Waals surface area contributed by atoms with Gasteiger partial charge in [0.2, 0.25) is 5.91 Å². The maximum Gasteiger partial charge on any atom is 0.224 e. The summed E-state index contributed by atoms with van der Waals surface area (Å²) >= 11 is 0. The fraction of sp³-hybridized carbons (Fsp3) is 0.708. The van der Waals surface area contributed by atoms with Crippen molar-refractivity contribution in [1.82, 2.24) is 15.1 Å². The van der Waals surface area contributed by atoms with Crippen molar-refractivity contribution in [3.63, 3.8) is 0 Å². The van der Waals surface area contributed by atoms with Gasteiger partial charge < -0.3 is 19.7 Å². The molecule has 3 rings (SSSR count). The van der Waals surface area contributed by atoms with Crippen molar-refractivity contribution < 1.29 is 18.7 Å². The van der Waals surface area contributed by atoms with Crippen molar-refractivity contribution in [2.24, 2.45) is 17.8 Å². The number of nitrogens with one attached hydrogen (secondary N) is 1. The standard InChI is InChI=1S/C24H38FN3O3/c1-19(2)15-28-16-20(18-31-23-6-3-5-22(25)14-23)13-21(17-28)24(29)26-7-4-8-27-9-11-30-12-10-27/h3,5-6,14,19-21H,4,7-13,15-18H2,1-2H3,(H,26,29)/t20-,21+/m0/s1. The van der Waals surface area contributed by atoms with Crippen LogP contribution in [0.15, 0.2) is 24.3 Å². The minimum Gasteiger partial charge on any atom is -0.493 e. The molecule has 0 saturated carbocycles. The molecule has 0 spiro atoms. The van der Waals surface area contributed by atoms with E-state index < -0.39 is 0 Å². The van der Waals surface area contributed by atoms with Crippen LogP contribution in [0.25, 0.3) is 0 Å². The highest BCUT2D eigenvalue weighted by atomic mass is 19.1. The number of nitrogens with zero attached hydrogens (tertiary/aromatic N) is 2. The maximum absolute atomic E-state index is 13.4. The van der Waals surface area contributed by atoms with Crippen LogP contribution in [0.4, 0.5) is 4.39 Å². The summed E-state index contributed by atoms with van der Waals surface area (Å²) in [5, 5.41) is 3.15. The minimum atomic E-state index is -0.295. The van der Waals surface area contributed by atoms with Crippen molar-refractivity contribution in [3.8, 4) is 5.75 Å². The van der Waals surface area contributed by atoms with Crippen LogP contribution < -0.4 is 10.1 Å². The van der Waals surface area contributed by atoms with Gasteiger partial charge in [0.05, 0.1) is 25.7 Å². The number of benzene rings is 1. The summed E-state index contributed by atoms with van der Waals surface area (Å²) in [7, 11) is 0. The first-order valence-electron chi connectivity index (χ1n) is 11.7. The van der Waals surface area contributed by atoms with Gasteiger partial charge >= 0.3 is 0 Å². The van der Waals surface area contributed by atoms with Gasteiger partial charge in [-0.25, -0.2) is 4.39 Å². The molecule has 2 saturated heterocycles. The zero-order chi connectivity index (χ0) is 22.1. The Balaban J connectivity index is 1.46. The van der Waals surface area contributed by atoms with E-state index in [4.69, 9.17) is 9.47 Å². The molecular weight excluding hydrogens is 397 g/mol. The fourth-order valence-electron chi connectivity index (χ4n) is 4.53. The third-order valence-electron chi connectivity index (χ3n) is 5.94. The molecule has 7 heteroatoms. The lowest BCUT2D eigenvalue weighted by atomic mass is 9.88. The Kier molecular flexibility index (Phi) is 9.55. The molecule has 1 N–H and O–H groups in total. The number of halogens is 1. The number of amides is 1. The molecule has 0 bridgehead atoms. The molecule has 6 nitrogen and oxygen atoms in total. The third-order valence-corrected chi connectivity index (χ3v) is 5.94. The Morgan fingerprint density at radius 2 is 2.06 bits per heavy atom. The molecule has 1 aromatic rings. The first kappa shape index (κ1) is 24.0. The number of carbonyl (C=O) groups excluding carboxylic acids is 1. The summed E-state index contributed by atoms with van der Waals surface area (Å²) in [4.78, 5) is 17.7. The molecule has 1 aromatic carbocycles. The average Bonchev–Trinajstić information content (AvgIpc) is 2.75. The average molecular weight is 436 g/mol. The van der Waals surface area contributed by atoms with E-state index in [0.29, 0.717) is 24.8 Å². The van der Waals surface area contributed by atoms with Crippen molar-refractivity contribution in [3.05, 3.63) is 30.1 Å². The maximum atomic E-state index is 13.4. The number of ether oxygens (including phenoxy) is 2. The molecule has 2 aliphatic heterocycles. The second-order valence-corrected chi connectivity index (χ2v) is 9.28. The van der Waals surface area contributed by atoms with Gasteiger partial charge in [0, 0.05) is 51.3 Å². The van der Waals surface area contributed by atoms with Crippen LogP contribution in [0.3, 0.4) is 0 Å². The topological polar surface area (TPSA) is 54.0 Å². The highest BCUT2D eigenvalue weighted by molar-refractivity contribution is 5.79. The molecule has 2 atom stereocenters. The molecule has 2 fully saturated rings. The number of morpholine rings is 1. The molecule has 31 heavy (non-hydrogen) atoms. The van der Waals surface area contributed by atoms with Crippen LogP contribution in [-0.2, 0) is 9.53 Å². The number of piperidine rings is 1. The van der Waals surface area contributed by atoms with E-state index in [9.17, 15) is 9.18 Å². The van der Waals surface area contributed by atoms with Gasteiger partial charge in [-0.15, -0.1) is 0 Å². The lowest BCUT2D eigenvalue weighted by molar-refractivity contribution is -0.127. The largest absolute Gasteiger partial charge is 0.493 e. The van der Waals surface area contributed by atoms with Gasteiger partial charge in [0.1, 0.15) is 11.6 Å². The fourth-order valence-corrected chi connectivity index (χ4v) is 4.53. The van der Waals surface area contributed by atoms with E-state index in [0.717, 1.165) is 65.3 Å². The summed E-state index contributed by atoms with van der Waals surface area (Å²) in [5.41, 5.74) is 0. The summed E-state index contributed by atoms with van der Waals surface area (Å²) in [6.07, 6.45) is 1.76. The van der Waals surface area contributed by atoms with Crippen molar-refractivity contribution in [2.75, 3.05) is 65.6 Å². The molecule has 174 valence electrons. The van der Waals surface area contributed by atoms with Crippen LogP contribution >= 0.6 is 0 Å². The molecular formula is C24H38FN3O3. The monoisotopic (exact) mass is 435 g/mol. The predicted molar refractivity (Wildman–Crippen MR) is 120 cm³/mol. The van der Waals surface area contributed by atoms with Gasteiger partial charge in [0.15, 0.2) is 0 Å². The van der Waals surface area contributed by atoms with Crippen LogP contribution in [0, 0.1) is 23.6 Å². The second-order valence-electron chi connectivity index (χ2n) is 9.28. The molecule has 0 aromatic heterocycles. The molecule has 1 amide bonds. The molecule has 2 aliphatic rings.